The lowest BCUT2D eigenvalue weighted by Crippen LogP contribution is -2.28. The molecule has 0 aromatic heterocycles. The van der Waals surface area contributed by atoms with Crippen LogP contribution >= 0.6 is 0 Å². The van der Waals surface area contributed by atoms with Crippen LogP contribution in [0, 0.1) is 0 Å². The van der Waals surface area contributed by atoms with E-state index in [-0.39, 0.29) is 5.91 Å². The van der Waals surface area contributed by atoms with E-state index in [4.69, 9.17) is 0 Å². The van der Waals surface area contributed by atoms with Gasteiger partial charge in [-0.1, -0.05) is 55.7 Å². The van der Waals surface area contributed by atoms with Crippen LogP contribution in [-0.2, 0) is 11.3 Å². The third-order valence-electron chi connectivity index (χ3n) is 3.21. The summed E-state index contributed by atoms with van der Waals surface area (Å²) >= 11 is 0. The summed E-state index contributed by atoms with van der Waals surface area (Å²) in [5, 5.41) is 0. The molecule has 0 saturated heterocycles. The minimum absolute atomic E-state index is 0.000599. The molecule has 1 aliphatic heterocycles. The lowest BCUT2D eigenvalue weighted by atomic mass is 10.0. The Hall–Kier alpha value is -2.35. The Morgan fingerprint density at radius 3 is 2.58 bits per heavy atom. The lowest BCUT2D eigenvalue weighted by Gasteiger charge is -2.26. The molecule has 0 aliphatic carbocycles. The van der Waals surface area contributed by atoms with E-state index in [0.717, 1.165) is 22.4 Å². The van der Waals surface area contributed by atoms with E-state index in [1.54, 1.807) is 24.0 Å². The Bertz CT molecular complexity index is 593. The minimum Gasteiger partial charge on any atom is -0.308 e. The minimum atomic E-state index is -0.000599. The molecule has 2 heteroatoms. The maximum Gasteiger partial charge on any atom is 0.224 e. The Morgan fingerprint density at radius 2 is 1.95 bits per heavy atom. The molecule has 1 heterocycles. The maximum absolute atomic E-state index is 11.9. The molecule has 1 aromatic carbocycles. The predicted octanol–water partition coefficient (Wildman–Crippen LogP) is 3.69. The standard InChI is InChI=1S/C17H17NO/c1-4-14-10-11-15-8-6-7-9-16(15)12-18(13(3)19)17(14)5-2/h4-11H,1-2,12H2,3H3. The van der Waals surface area contributed by atoms with Gasteiger partial charge in [-0.2, -0.15) is 0 Å². The molecule has 96 valence electrons. The van der Waals surface area contributed by atoms with E-state index in [0.29, 0.717) is 6.54 Å². The fourth-order valence-corrected chi connectivity index (χ4v) is 2.20. The molecule has 0 atom stereocenters. The number of rotatable bonds is 2. The molecule has 1 amide bonds. The van der Waals surface area contributed by atoms with Crippen LogP contribution in [0.3, 0.4) is 0 Å². The van der Waals surface area contributed by atoms with Gasteiger partial charge in [0.1, 0.15) is 0 Å². The monoisotopic (exact) mass is 251 g/mol. The number of nitrogens with zero attached hydrogens (tertiary/aromatic N) is 1. The van der Waals surface area contributed by atoms with E-state index in [1.807, 2.05) is 36.4 Å². The average molecular weight is 251 g/mol. The molecule has 1 aliphatic rings. The first-order valence-electron chi connectivity index (χ1n) is 6.20. The van der Waals surface area contributed by atoms with Crippen LogP contribution < -0.4 is 0 Å². The molecule has 19 heavy (non-hydrogen) atoms. The van der Waals surface area contributed by atoms with E-state index in [2.05, 4.69) is 13.2 Å². The Kier molecular flexibility index (Phi) is 3.81. The highest BCUT2D eigenvalue weighted by molar-refractivity contribution is 5.77. The van der Waals surface area contributed by atoms with Crippen molar-refractivity contribution in [1.29, 1.82) is 0 Å². The van der Waals surface area contributed by atoms with Gasteiger partial charge in [-0.3, -0.25) is 4.79 Å². The van der Waals surface area contributed by atoms with Crippen molar-refractivity contribution in [2.75, 3.05) is 0 Å². The molecule has 1 aromatic rings. The third-order valence-corrected chi connectivity index (χ3v) is 3.21. The van der Waals surface area contributed by atoms with Gasteiger partial charge in [-0.05, 0) is 22.8 Å². The summed E-state index contributed by atoms with van der Waals surface area (Å²) < 4.78 is 0. The zero-order valence-corrected chi connectivity index (χ0v) is 11.1. The molecular formula is C17H17NO. The summed E-state index contributed by atoms with van der Waals surface area (Å²) in [5.41, 5.74) is 3.94. The quantitative estimate of drug-likeness (QED) is 0.785. The van der Waals surface area contributed by atoms with Gasteiger partial charge in [0.2, 0.25) is 5.91 Å². The van der Waals surface area contributed by atoms with Gasteiger partial charge in [0.05, 0.1) is 12.2 Å². The Morgan fingerprint density at radius 1 is 1.21 bits per heavy atom. The van der Waals surface area contributed by atoms with Gasteiger partial charge in [0.15, 0.2) is 0 Å². The number of allylic oxidation sites excluding steroid dienone is 4. The SMILES string of the molecule is C=CC1=C(C=C)N(C(C)=O)Cc2ccccc2C=C1. The van der Waals surface area contributed by atoms with Crippen LogP contribution in [-0.4, -0.2) is 10.8 Å². The number of benzene rings is 1. The molecule has 0 saturated carbocycles. The molecule has 0 spiro atoms. The van der Waals surface area contributed by atoms with E-state index in [1.165, 1.54) is 0 Å². The van der Waals surface area contributed by atoms with Crippen LogP contribution in [0.4, 0.5) is 0 Å². The smallest absolute Gasteiger partial charge is 0.224 e. The second-order valence-electron chi connectivity index (χ2n) is 4.39. The lowest BCUT2D eigenvalue weighted by molar-refractivity contribution is -0.127. The Labute approximate surface area is 114 Å². The number of hydrogen-bond donors (Lipinski definition) is 0. The maximum atomic E-state index is 11.9. The van der Waals surface area contributed by atoms with E-state index < -0.39 is 0 Å². The number of carbonyl (C=O) groups excluding carboxylic acids is 1. The van der Waals surface area contributed by atoms with Gasteiger partial charge >= 0.3 is 0 Å². The highest BCUT2D eigenvalue weighted by Gasteiger charge is 2.17. The summed E-state index contributed by atoms with van der Waals surface area (Å²) in [6.07, 6.45) is 7.47. The highest BCUT2D eigenvalue weighted by Crippen LogP contribution is 2.24. The molecule has 0 unspecified atom stereocenters. The van der Waals surface area contributed by atoms with Gasteiger partial charge in [-0.15, -0.1) is 0 Å². The fraction of sp³-hybridized carbons (Fsp3) is 0.118. The van der Waals surface area contributed by atoms with Crippen LogP contribution in [0.2, 0.25) is 0 Å². The number of hydrogen-bond acceptors (Lipinski definition) is 1. The molecule has 0 fully saturated rings. The number of fused-ring (bicyclic) bond motifs is 1. The average Bonchev–Trinajstić information content (AvgIpc) is 2.39. The summed E-state index contributed by atoms with van der Waals surface area (Å²) in [6, 6.07) is 8.06. The van der Waals surface area contributed by atoms with Gasteiger partial charge in [0, 0.05) is 6.92 Å². The summed E-state index contributed by atoms with van der Waals surface area (Å²) in [4.78, 5) is 13.6. The first-order chi connectivity index (χ1) is 9.17. The van der Waals surface area contributed by atoms with Crippen molar-refractivity contribution in [1.82, 2.24) is 4.90 Å². The van der Waals surface area contributed by atoms with Gasteiger partial charge < -0.3 is 4.90 Å². The van der Waals surface area contributed by atoms with Crippen molar-refractivity contribution in [2.24, 2.45) is 0 Å². The first kappa shape index (κ1) is 13.1. The van der Waals surface area contributed by atoms with Crippen LogP contribution in [0.1, 0.15) is 18.1 Å². The van der Waals surface area contributed by atoms with Crippen molar-refractivity contribution in [3.8, 4) is 0 Å². The molecule has 0 radical (unpaired) electrons. The topological polar surface area (TPSA) is 20.3 Å². The van der Waals surface area contributed by atoms with Crippen molar-refractivity contribution in [3.63, 3.8) is 0 Å². The second-order valence-corrected chi connectivity index (χ2v) is 4.39. The van der Waals surface area contributed by atoms with Crippen LogP contribution in [0.25, 0.3) is 6.08 Å². The van der Waals surface area contributed by atoms with Crippen LogP contribution in [0.15, 0.2) is 66.9 Å². The first-order valence-corrected chi connectivity index (χ1v) is 6.20. The summed E-state index contributed by atoms with van der Waals surface area (Å²) in [5.74, 6) is -0.000599. The molecule has 0 bridgehead atoms. The summed E-state index contributed by atoms with van der Waals surface area (Å²) in [6.45, 7) is 9.74. The molecule has 0 N–H and O–H groups in total. The summed E-state index contributed by atoms with van der Waals surface area (Å²) in [7, 11) is 0. The van der Waals surface area contributed by atoms with Crippen molar-refractivity contribution in [2.45, 2.75) is 13.5 Å². The second kappa shape index (κ2) is 5.53. The largest absolute Gasteiger partial charge is 0.308 e. The Balaban J connectivity index is 2.63. The van der Waals surface area contributed by atoms with Crippen molar-refractivity contribution in [3.05, 3.63) is 78.0 Å². The van der Waals surface area contributed by atoms with Gasteiger partial charge in [0.25, 0.3) is 0 Å². The zero-order valence-electron chi connectivity index (χ0n) is 11.1. The molecular weight excluding hydrogens is 234 g/mol. The van der Waals surface area contributed by atoms with Crippen LogP contribution in [0.5, 0.6) is 0 Å². The van der Waals surface area contributed by atoms with Crippen molar-refractivity contribution >= 4 is 12.0 Å². The normalized spacial score (nSPS) is 14.5. The van der Waals surface area contributed by atoms with E-state index in [9.17, 15) is 4.79 Å². The molecule has 2 rings (SSSR count). The van der Waals surface area contributed by atoms with Crippen molar-refractivity contribution < 1.29 is 4.79 Å². The van der Waals surface area contributed by atoms with Gasteiger partial charge in [-0.25, -0.2) is 0 Å². The zero-order chi connectivity index (χ0) is 13.8. The fourth-order valence-electron chi connectivity index (χ4n) is 2.20. The number of carbonyl (C=O) groups is 1. The number of amides is 1. The van der Waals surface area contributed by atoms with E-state index >= 15 is 0 Å². The third kappa shape index (κ3) is 2.58. The molecule has 2 nitrogen and oxygen atoms in total. The predicted molar refractivity (Wildman–Crippen MR) is 79.1 cm³/mol. The highest BCUT2D eigenvalue weighted by atomic mass is 16.2.